The van der Waals surface area contributed by atoms with Crippen molar-refractivity contribution >= 4 is 15.5 Å². The predicted octanol–water partition coefficient (Wildman–Crippen LogP) is -0.777. The number of carbonyl (C=O) groups is 1. The summed E-state index contributed by atoms with van der Waals surface area (Å²) in [6.07, 6.45) is 0. The number of aliphatic carboxylic acids is 1. The van der Waals surface area contributed by atoms with E-state index in [1.54, 1.807) is 21.3 Å². The van der Waals surface area contributed by atoms with Crippen LogP contribution < -0.4 is 5.11 Å². The Kier molecular flexibility index (Phi) is 10.7. The van der Waals surface area contributed by atoms with Crippen LogP contribution in [-0.4, -0.2) is 36.8 Å². The van der Waals surface area contributed by atoms with E-state index in [2.05, 4.69) is 6.58 Å². The van der Waals surface area contributed by atoms with Crippen molar-refractivity contribution < 1.29 is 23.2 Å². The summed E-state index contributed by atoms with van der Waals surface area (Å²) in [5.74, 6) is -1.19. The van der Waals surface area contributed by atoms with Gasteiger partial charge in [-0.05, 0) is 12.5 Å². The van der Waals surface area contributed by atoms with Crippen LogP contribution in [0.1, 0.15) is 6.92 Å². The van der Waals surface area contributed by atoms with Gasteiger partial charge in [-0.15, -0.1) is 0 Å². The van der Waals surface area contributed by atoms with Gasteiger partial charge in [-0.25, -0.2) is 0 Å². The maximum Gasteiger partial charge on any atom is 0.576 e. The second-order valence-electron chi connectivity index (χ2n) is 1.93. The molecular formula is C7H14O5Si-. The molecule has 6 heteroatoms. The molecule has 0 fully saturated rings. The zero-order valence-electron chi connectivity index (χ0n) is 8.25. The van der Waals surface area contributed by atoms with Gasteiger partial charge in [0.25, 0.3) is 0 Å². The predicted molar refractivity (Wildman–Crippen MR) is 46.6 cm³/mol. The Labute approximate surface area is 79.9 Å². The molecule has 0 rings (SSSR count). The first-order valence-electron chi connectivity index (χ1n) is 3.35. The number of rotatable bonds is 4. The van der Waals surface area contributed by atoms with Gasteiger partial charge in [-0.1, -0.05) is 6.58 Å². The van der Waals surface area contributed by atoms with Crippen molar-refractivity contribution in [2.24, 2.45) is 0 Å². The van der Waals surface area contributed by atoms with Gasteiger partial charge in [0.1, 0.15) is 0 Å². The van der Waals surface area contributed by atoms with Gasteiger partial charge in [-0.3, -0.25) is 0 Å². The fraction of sp³-hybridized carbons (Fsp3) is 0.571. The first-order valence-corrected chi connectivity index (χ1v) is 4.57. The van der Waals surface area contributed by atoms with E-state index in [1.165, 1.54) is 6.92 Å². The molecule has 0 unspecified atom stereocenters. The maximum atomic E-state index is 9.49. The van der Waals surface area contributed by atoms with Crippen LogP contribution in [-0.2, 0) is 18.1 Å². The van der Waals surface area contributed by atoms with E-state index in [0.29, 0.717) is 0 Å². The summed E-state index contributed by atoms with van der Waals surface area (Å²) in [4.78, 5) is 9.49. The third-order valence-electron chi connectivity index (χ3n) is 0.848. The van der Waals surface area contributed by atoms with Crippen LogP contribution in [0.4, 0.5) is 0 Å². The van der Waals surface area contributed by atoms with E-state index in [4.69, 9.17) is 13.3 Å². The molecule has 0 bridgehead atoms. The zero-order chi connectivity index (χ0) is 10.9. The fourth-order valence-electron chi connectivity index (χ4n) is 0.250. The number of carboxylic acid groups (broad SMARTS) is 1. The standard InChI is InChI=1S/C4H6O2.C3H9O3Si/c1-3(2)4(5)6;1-4-7(5-2)6-3/h1H2,2H3,(H,5,6);1-3H3/p-1. The van der Waals surface area contributed by atoms with Crippen LogP contribution >= 0.6 is 0 Å². The average molecular weight is 206 g/mol. The molecule has 0 aliphatic heterocycles. The first-order chi connectivity index (χ1) is 5.99. The topological polar surface area (TPSA) is 67.8 Å². The molecule has 0 amide bonds. The Hall–Kier alpha value is -0.693. The van der Waals surface area contributed by atoms with Gasteiger partial charge in [0.2, 0.25) is 0 Å². The SMILES string of the molecule is C=C(C)C(=O)[O-].CO[Si](OC)OC. The van der Waals surface area contributed by atoms with Gasteiger partial charge < -0.3 is 23.2 Å². The molecule has 0 aromatic heterocycles. The molecule has 0 aromatic carbocycles. The highest BCUT2D eigenvalue weighted by molar-refractivity contribution is 6.36. The Morgan fingerprint density at radius 1 is 1.23 bits per heavy atom. The molecule has 0 heterocycles. The van der Waals surface area contributed by atoms with Crippen molar-refractivity contribution in [2.75, 3.05) is 21.3 Å². The van der Waals surface area contributed by atoms with Gasteiger partial charge in [0.05, 0.1) is 5.97 Å². The lowest BCUT2D eigenvalue weighted by atomic mass is 10.4. The number of hydrogen-bond acceptors (Lipinski definition) is 5. The Morgan fingerprint density at radius 3 is 1.46 bits per heavy atom. The van der Waals surface area contributed by atoms with Crippen LogP contribution in [0.15, 0.2) is 12.2 Å². The Bertz CT molecular complexity index is 137. The smallest absolute Gasteiger partial charge is 0.545 e. The normalized spacial score (nSPS) is 9.00. The van der Waals surface area contributed by atoms with Gasteiger partial charge in [0.15, 0.2) is 0 Å². The third-order valence-corrected chi connectivity index (χ3v) is 1.85. The van der Waals surface area contributed by atoms with E-state index in [1.807, 2.05) is 0 Å². The average Bonchev–Trinajstić information content (AvgIpc) is 2.08. The van der Waals surface area contributed by atoms with Crippen molar-refractivity contribution in [3.8, 4) is 0 Å². The van der Waals surface area contributed by atoms with Crippen LogP contribution in [0.2, 0.25) is 0 Å². The van der Waals surface area contributed by atoms with Crippen molar-refractivity contribution in [1.29, 1.82) is 0 Å². The quantitative estimate of drug-likeness (QED) is 0.446. The summed E-state index contributed by atoms with van der Waals surface area (Å²) in [6.45, 7) is 4.48. The summed E-state index contributed by atoms with van der Waals surface area (Å²) in [5.41, 5.74) is 0.0648. The van der Waals surface area contributed by atoms with E-state index in [0.717, 1.165) is 0 Å². The monoisotopic (exact) mass is 206 g/mol. The maximum absolute atomic E-state index is 9.49. The highest BCUT2D eigenvalue weighted by Crippen LogP contribution is 1.81. The molecule has 0 N–H and O–H groups in total. The lowest BCUT2D eigenvalue weighted by molar-refractivity contribution is -0.299. The molecule has 77 valence electrons. The molecule has 0 atom stereocenters. The summed E-state index contributed by atoms with van der Waals surface area (Å²) >= 11 is 0. The molecule has 0 spiro atoms. The van der Waals surface area contributed by atoms with Crippen LogP contribution in [0, 0.1) is 0 Å². The Morgan fingerprint density at radius 2 is 1.46 bits per heavy atom. The van der Waals surface area contributed by atoms with Gasteiger partial charge in [0, 0.05) is 21.3 Å². The molecule has 0 aliphatic rings. The van der Waals surface area contributed by atoms with Gasteiger partial charge >= 0.3 is 9.53 Å². The lowest BCUT2D eigenvalue weighted by Crippen LogP contribution is -2.22. The molecule has 0 aliphatic carbocycles. The molecule has 0 saturated carbocycles. The summed E-state index contributed by atoms with van der Waals surface area (Å²) < 4.78 is 14.1. The summed E-state index contributed by atoms with van der Waals surface area (Å²) in [5, 5.41) is 9.49. The van der Waals surface area contributed by atoms with Crippen molar-refractivity contribution in [3.63, 3.8) is 0 Å². The summed E-state index contributed by atoms with van der Waals surface area (Å²) in [6, 6.07) is 0. The molecule has 0 aromatic rings. The van der Waals surface area contributed by atoms with Crippen molar-refractivity contribution in [1.82, 2.24) is 0 Å². The third kappa shape index (κ3) is 11.3. The van der Waals surface area contributed by atoms with Gasteiger partial charge in [-0.2, -0.15) is 0 Å². The van der Waals surface area contributed by atoms with E-state index in [-0.39, 0.29) is 5.57 Å². The highest BCUT2D eigenvalue weighted by Gasteiger charge is 2.09. The number of hydrogen-bond donors (Lipinski definition) is 0. The molecule has 0 saturated heterocycles. The minimum absolute atomic E-state index is 0.0648. The van der Waals surface area contributed by atoms with E-state index < -0.39 is 15.5 Å². The Balaban J connectivity index is 0. The van der Waals surface area contributed by atoms with E-state index >= 15 is 0 Å². The van der Waals surface area contributed by atoms with E-state index in [9.17, 15) is 9.90 Å². The minimum Gasteiger partial charge on any atom is -0.545 e. The number of carboxylic acids is 1. The number of carbonyl (C=O) groups excluding carboxylic acids is 1. The second kappa shape index (κ2) is 9.40. The second-order valence-corrected chi connectivity index (χ2v) is 3.65. The molecule has 5 nitrogen and oxygen atoms in total. The largest absolute Gasteiger partial charge is 0.576 e. The molecule has 1 radical (unpaired) electrons. The molecular weight excluding hydrogens is 192 g/mol. The van der Waals surface area contributed by atoms with Crippen LogP contribution in [0.5, 0.6) is 0 Å². The van der Waals surface area contributed by atoms with Crippen LogP contribution in [0.25, 0.3) is 0 Å². The fourth-order valence-corrected chi connectivity index (χ4v) is 0.750. The summed E-state index contributed by atoms with van der Waals surface area (Å²) in [7, 11) is 3.31. The minimum atomic E-state index is -1.36. The van der Waals surface area contributed by atoms with Crippen molar-refractivity contribution in [2.45, 2.75) is 6.92 Å². The van der Waals surface area contributed by atoms with Crippen LogP contribution in [0.3, 0.4) is 0 Å². The highest BCUT2D eigenvalue weighted by atomic mass is 28.3. The molecule has 13 heavy (non-hydrogen) atoms. The zero-order valence-corrected chi connectivity index (χ0v) is 9.25. The lowest BCUT2D eigenvalue weighted by Gasteiger charge is -2.02. The van der Waals surface area contributed by atoms with Crippen molar-refractivity contribution in [3.05, 3.63) is 12.2 Å². The first kappa shape index (κ1) is 14.8.